The first-order chi connectivity index (χ1) is 9.04. The van der Waals surface area contributed by atoms with Crippen molar-refractivity contribution in [2.75, 3.05) is 18.0 Å². The fourth-order valence-corrected chi connectivity index (χ4v) is 2.56. The highest BCUT2D eigenvalue weighted by molar-refractivity contribution is 5.84. The number of nitrogens with zero attached hydrogens (tertiary/aromatic N) is 4. The first-order valence-corrected chi connectivity index (χ1v) is 6.40. The molecule has 1 atom stereocenters. The van der Waals surface area contributed by atoms with Crippen LogP contribution in [-0.2, 0) is 0 Å². The van der Waals surface area contributed by atoms with Crippen molar-refractivity contribution in [1.29, 1.82) is 0 Å². The van der Waals surface area contributed by atoms with Crippen molar-refractivity contribution >= 4 is 17.3 Å². The van der Waals surface area contributed by atoms with Crippen molar-refractivity contribution < 1.29 is 9.90 Å². The largest absolute Gasteiger partial charge is 0.475 e. The molecule has 19 heavy (non-hydrogen) atoms. The van der Waals surface area contributed by atoms with Crippen LogP contribution in [0.2, 0.25) is 0 Å². The number of aromatic carboxylic acids is 1. The molecule has 1 saturated heterocycles. The van der Waals surface area contributed by atoms with Crippen molar-refractivity contribution in [2.45, 2.75) is 20.3 Å². The Kier molecular flexibility index (Phi) is 2.66. The predicted octanol–water partition coefficient (Wildman–Crippen LogP) is 1.58. The summed E-state index contributed by atoms with van der Waals surface area (Å²) in [4.78, 5) is 17.3. The van der Waals surface area contributed by atoms with E-state index in [1.54, 1.807) is 4.52 Å². The Hall–Kier alpha value is -2.11. The van der Waals surface area contributed by atoms with Crippen molar-refractivity contribution in [1.82, 2.24) is 14.6 Å². The third-order valence-electron chi connectivity index (χ3n) is 3.58. The van der Waals surface area contributed by atoms with Gasteiger partial charge in [-0.2, -0.15) is 0 Å². The number of carboxylic acid groups (broad SMARTS) is 1. The molecule has 6 heteroatoms. The fraction of sp³-hybridized carbons (Fsp3) is 0.462. The highest BCUT2D eigenvalue weighted by Crippen LogP contribution is 2.25. The summed E-state index contributed by atoms with van der Waals surface area (Å²) < 4.78 is 1.57. The van der Waals surface area contributed by atoms with Gasteiger partial charge in [0.25, 0.3) is 5.82 Å². The average molecular weight is 260 g/mol. The first kappa shape index (κ1) is 12.0. The smallest absolute Gasteiger partial charge is 0.375 e. The van der Waals surface area contributed by atoms with E-state index in [0.29, 0.717) is 11.6 Å². The third kappa shape index (κ3) is 2.03. The molecule has 1 aliphatic rings. The molecule has 6 nitrogen and oxygen atoms in total. The molecule has 2 aromatic heterocycles. The van der Waals surface area contributed by atoms with Crippen LogP contribution in [0.3, 0.4) is 0 Å². The summed E-state index contributed by atoms with van der Waals surface area (Å²) in [5, 5.41) is 12.9. The van der Waals surface area contributed by atoms with E-state index in [-0.39, 0.29) is 5.82 Å². The number of fused-ring (bicyclic) bond motifs is 1. The highest BCUT2D eigenvalue weighted by atomic mass is 16.4. The molecule has 3 rings (SSSR count). The highest BCUT2D eigenvalue weighted by Gasteiger charge is 2.21. The maximum Gasteiger partial charge on any atom is 0.375 e. The second-order valence-corrected chi connectivity index (χ2v) is 5.23. The molecule has 0 aliphatic carbocycles. The number of aryl methyl sites for hydroxylation is 1. The molecule has 2 aromatic rings. The molecule has 0 aromatic carbocycles. The van der Waals surface area contributed by atoms with Crippen LogP contribution in [0.25, 0.3) is 5.65 Å². The van der Waals surface area contributed by atoms with Gasteiger partial charge in [0, 0.05) is 13.1 Å². The molecule has 1 unspecified atom stereocenters. The number of carboxylic acids is 1. The maximum absolute atomic E-state index is 10.9. The number of carbonyl (C=O) groups is 1. The first-order valence-electron chi connectivity index (χ1n) is 6.40. The molecule has 1 aliphatic heterocycles. The Bertz CT molecular complexity index is 649. The van der Waals surface area contributed by atoms with Gasteiger partial charge in [0.2, 0.25) is 0 Å². The minimum atomic E-state index is -1.10. The summed E-state index contributed by atoms with van der Waals surface area (Å²) >= 11 is 0. The van der Waals surface area contributed by atoms with E-state index in [1.165, 1.54) is 6.42 Å². The van der Waals surface area contributed by atoms with E-state index in [1.807, 2.05) is 19.2 Å². The van der Waals surface area contributed by atoms with E-state index in [2.05, 4.69) is 21.9 Å². The van der Waals surface area contributed by atoms with Gasteiger partial charge >= 0.3 is 5.97 Å². The zero-order chi connectivity index (χ0) is 13.6. The lowest BCUT2D eigenvalue weighted by molar-refractivity contribution is 0.0684. The van der Waals surface area contributed by atoms with Crippen molar-refractivity contribution in [3.8, 4) is 0 Å². The monoisotopic (exact) mass is 260 g/mol. The summed E-state index contributed by atoms with van der Waals surface area (Å²) in [5.74, 6) is -0.559. The van der Waals surface area contributed by atoms with Gasteiger partial charge in [0.05, 0.1) is 11.9 Å². The zero-order valence-corrected chi connectivity index (χ0v) is 11.0. The molecule has 1 fully saturated rings. The molecule has 0 spiro atoms. The molecule has 0 saturated carbocycles. The van der Waals surface area contributed by atoms with Gasteiger partial charge in [-0.15, -0.1) is 5.10 Å². The van der Waals surface area contributed by atoms with Crippen molar-refractivity contribution in [3.05, 3.63) is 23.7 Å². The Labute approximate surface area is 110 Å². The number of aromatic nitrogens is 3. The molecular weight excluding hydrogens is 244 g/mol. The lowest BCUT2D eigenvalue weighted by Gasteiger charge is -2.18. The normalized spacial score (nSPS) is 19.3. The van der Waals surface area contributed by atoms with E-state index >= 15 is 0 Å². The topological polar surface area (TPSA) is 70.7 Å². The average Bonchev–Trinajstić information content (AvgIpc) is 2.95. The van der Waals surface area contributed by atoms with Gasteiger partial charge in [-0.25, -0.2) is 14.3 Å². The Morgan fingerprint density at radius 2 is 2.32 bits per heavy atom. The molecule has 1 N–H and O–H groups in total. The van der Waals surface area contributed by atoms with E-state index in [4.69, 9.17) is 5.11 Å². The minimum Gasteiger partial charge on any atom is -0.475 e. The van der Waals surface area contributed by atoms with Gasteiger partial charge in [-0.1, -0.05) is 6.92 Å². The van der Waals surface area contributed by atoms with Crippen LogP contribution in [-0.4, -0.2) is 38.8 Å². The van der Waals surface area contributed by atoms with Crippen LogP contribution in [0.5, 0.6) is 0 Å². The Morgan fingerprint density at radius 3 is 2.95 bits per heavy atom. The molecule has 0 amide bonds. The summed E-state index contributed by atoms with van der Waals surface area (Å²) in [5.41, 5.74) is 2.63. The maximum atomic E-state index is 10.9. The van der Waals surface area contributed by atoms with Crippen LogP contribution in [0, 0.1) is 12.8 Å². The van der Waals surface area contributed by atoms with Crippen LogP contribution < -0.4 is 4.90 Å². The van der Waals surface area contributed by atoms with Gasteiger partial charge in [-0.05, 0) is 30.9 Å². The van der Waals surface area contributed by atoms with E-state index in [0.717, 1.165) is 24.3 Å². The number of hydrogen-bond acceptors (Lipinski definition) is 4. The number of pyridine rings is 1. The van der Waals surface area contributed by atoms with Crippen LogP contribution >= 0.6 is 0 Å². The molecule has 0 bridgehead atoms. The molecule has 0 radical (unpaired) electrons. The molecular formula is C13H16N4O2. The van der Waals surface area contributed by atoms with Crippen LogP contribution in [0.1, 0.15) is 29.5 Å². The minimum absolute atomic E-state index is 0.157. The summed E-state index contributed by atoms with van der Waals surface area (Å²) in [7, 11) is 0. The second kappa shape index (κ2) is 4.22. The SMILES string of the molecule is Cc1cc(N2CCC(C)C2)cn2nc(C(=O)O)nc12. The standard InChI is InChI=1S/C13H16N4O2/c1-8-3-4-16(6-8)10-5-9(2)12-14-11(13(18)19)15-17(12)7-10/h5,7-8H,3-4,6H2,1-2H3,(H,18,19). The second-order valence-electron chi connectivity index (χ2n) is 5.23. The summed E-state index contributed by atoms with van der Waals surface area (Å²) in [6.07, 6.45) is 3.05. The number of rotatable bonds is 2. The number of anilines is 1. The fourth-order valence-electron chi connectivity index (χ4n) is 2.56. The Morgan fingerprint density at radius 1 is 1.53 bits per heavy atom. The van der Waals surface area contributed by atoms with Gasteiger partial charge in [0.1, 0.15) is 0 Å². The van der Waals surface area contributed by atoms with Gasteiger partial charge in [-0.3, -0.25) is 0 Å². The zero-order valence-electron chi connectivity index (χ0n) is 11.0. The van der Waals surface area contributed by atoms with Crippen LogP contribution in [0.4, 0.5) is 5.69 Å². The van der Waals surface area contributed by atoms with Crippen molar-refractivity contribution in [3.63, 3.8) is 0 Å². The van der Waals surface area contributed by atoms with E-state index in [9.17, 15) is 4.79 Å². The summed E-state index contributed by atoms with van der Waals surface area (Å²) in [6.45, 7) is 6.24. The molecule has 3 heterocycles. The quantitative estimate of drug-likeness (QED) is 0.887. The molecule has 100 valence electrons. The summed E-state index contributed by atoms with van der Waals surface area (Å²) in [6, 6.07) is 2.05. The lowest BCUT2D eigenvalue weighted by atomic mass is 10.2. The van der Waals surface area contributed by atoms with Gasteiger partial charge in [0.15, 0.2) is 5.65 Å². The predicted molar refractivity (Wildman–Crippen MR) is 70.7 cm³/mol. The van der Waals surface area contributed by atoms with Crippen molar-refractivity contribution in [2.24, 2.45) is 5.92 Å². The van der Waals surface area contributed by atoms with Crippen LogP contribution in [0.15, 0.2) is 12.3 Å². The third-order valence-corrected chi connectivity index (χ3v) is 3.58. The number of hydrogen-bond donors (Lipinski definition) is 1. The van der Waals surface area contributed by atoms with Gasteiger partial charge < -0.3 is 10.0 Å². The lowest BCUT2D eigenvalue weighted by Crippen LogP contribution is -2.19. The van der Waals surface area contributed by atoms with E-state index < -0.39 is 5.97 Å². The Balaban J connectivity index is 2.06.